The molecule has 186 valence electrons. The number of nitrogens with zero attached hydrogens (tertiary/aromatic N) is 3. The molecule has 0 aliphatic rings. The average Bonchev–Trinajstić information content (AvgIpc) is 2.88. The lowest BCUT2D eigenvalue weighted by atomic mass is 10.0. The second-order valence-electron chi connectivity index (χ2n) is 7.89. The molecule has 0 bridgehead atoms. The number of methoxy groups -OCH3 is 1. The van der Waals surface area contributed by atoms with Crippen molar-refractivity contribution in [3.05, 3.63) is 66.6 Å². The van der Waals surface area contributed by atoms with Crippen molar-refractivity contribution >= 4 is 38.4 Å². The summed E-state index contributed by atoms with van der Waals surface area (Å²) in [5.74, 6) is -0.326. The van der Waals surface area contributed by atoms with Crippen LogP contribution in [0.25, 0.3) is 22.0 Å². The van der Waals surface area contributed by atoms with E-state index in [1.54, 1.807) is 30.5 Å². The van der Waals surface area contributed by atoms with Gasteiger partial charge in [0.1, 0.15) is 22.0 Å². The highest BCUT2D eigenvalue weighted by Crippen LogP contribution is 2.32. The number of sulfonamides is 1. The lowest BCUT2D eigenvalue weighted by Gasteiger charge is -2.13. The largest absolute Gasteiger partial charge is 0.480 e. The number of aromatic nitrogens is 3. The predicted molar refractivity (Wildman–Crippen MR) is 136 cm³/mol. The van der Waals surface area contributed by atoms with E-state index in [1.165, 1.54) is 31.6 Å². The first-order chi connectivity index (χ1) is 17.3. The fraction of sp³-hybridized carbons (Fsp3) is 0.200. The molecule has 11 heteroatoms. The molecular weight excluding hydrogens is 482 g/mol. The summed E-state index contributed by atoms with van der Waals surface area (Å²) in [7, 11) is -2.52. The molecule has 0 saturated carbocycles. The summed E-state index contributed by atoms with van der Waals surface area (Å²) >= 11 is 0. The molecule has 4 rings (SSSR count). The second kappa shape index (κ2) is 10.6. The van der Waals surface area contributed by atoms with E-state index in [1.807, 2.05) is 13.0 Å². The summed E-state index contributed by atoms with van der Waals surface area (Å²) in [5, 5.41) is 0.664. The Balaban J connectivity index is 1.69. The van der Waals surface area contributed by atoms with Crippen LogP contribution in [0.3, 0.4) is 0 Å². The minimum absolute atomic E-state index is 0.00479. The number of hydrogen-bond acceptors (Lipinski definition) is 9. The third-order valence-corrected chi connectivity index (χ3v) is 6.71. The predicted octanol–water partition coefficient (Wildman–Crippen LogP) is 4.04. The summed E-state index contributed by atoms with van der Waals surface area (Å²) in [6.07, 6.45) is 5.96. The fourth-order valence-electron chi connectivity index (χ4n) is 3.48. The van der Waals surface area contributed by atoms with Gasteiger partial charge in [-0.3, -0.25) is 9.71 Å². The van der Waals surface area contributed by atoms with E-state index in [0.717, 1.165) is 18.4 Å². The highest BCUT2D eigenvalue weighted by molar-refractivity contribution is 7.92. The first kappa shape index (κ1) is 24.9. The van der Waals surface area contributed by atoms with Gasteiger partial charge in [0.05, 0.1) is 19.2 Å². The van der Waals surface area contributed by atoms with Gasteiger partial charge < -0.3 is 15.2 Å². The molecular formula is C25H25N5O5S. The summed E-state index contributed by atoms with van der Waals surface area (Å²) in [5.41, 5.74) is 8.28. The van der Waals surface area contributed by atoms with Crippen molar-refractivity contribution in [3.63, 3.8) is 0 Å². The van der Waals surface area contributed by atoms with Gasteiger partial charge in [-0.15, -0.1) is 0 Å². The standard InChI is InChI=1S/C25H25N5O5S/c1-3-4-10-35-25(31)20-12-17-11-16(7-8-21(17)29-23(20)26)18-13-22(24(34-2)28-14-18)30-36(32,33)19-6-5-9-27-15-19/h5-9,11-15,30H,3-4,10H2,1-2H3,(H2,26,29). The number of benzene rings is 1. The molecule has 0 aliphatic heterocycles. The van der Waals surface area contributed by atoms with Crippen molar-refractivity contribution in [2.24, 2.45) is 0 Å². The van der Waals surface area contributed by atoms with Crippen molar-refractivity contribution in [1.29, 1.82) is 0 Å². The van der Waals surface area contributed by atoms with Gasteiger partial charge in [-0.25, -0.2) is 23.2 Å². The molecule has 1 aromatic carbocycles. The lowest BCUT2D eigenvalue weighted by Crippen LogP contribution is -2.14. The minimum atomic E-state index is -3.92. The van der Waals surface area contributed by atoms with Crippen LogP contribution in [0.4, 0.5) is 11.5 Å². The number of ether oxygens (including phenoxy) is 2. The molecule has 0 amide bonds. The van der Waals surface area contributed by atoms with Crippen LogP contribution in [-0.4, -0.2) is 43.1 Å². The molecule has 0 aliphatic carbocycles. The van der Waals surface area contributed by atoms with E-state index < -0.39 is 16.0 Å². The van der Waals surface area contributed by atoms with Crippen LogP contribution < -0.4 is 15.2 Å². The number of nitrogens with one attached hydrogen (secondary N) is 1. The number of carbonyl (C=O) groups excluding carboxylic acids is 1. The van der Waals surface area contributed by atoms with Gasteiger partial charge in [-0.1, -0.05) is 19.4 Å². The maximum atomic E-state index is 12.8. The molecule has 3 heterocycles. The molecule has 3 N–H and O–H groups in total. The van der Waals surface area contributed by atoms with E-state index >= 15 is 0 Å². The molecule has 0 fully saturated rings. The highest BCUT2D eigenvalue weighted by atomic mass is 32.2. The number of carbonyl (C=O) groups is 1. The molecule has 36 heavy (non-hydrogen) atoms. The molecule has 0 atom stereocenters. The lowest BCUT2D eigenvalue weighted by molar-refractivity contribution is 0.0501. The Kier molecular flexibility index (Phi) is 7.30. The topological polar surface area (TPSA) is 146 Å². The number of nitrogens with two attached hydrogens (primary N) is 1. The Morgan fingerprint density at radius 1 is 1.11 bits per heavy atom. The SMILES string of the molecule is CCCCOC(=O)c1cc2cc(-c3cnc(OC)c(NS(=O)(=O)c4cccnc4)c3)ccc2nc1N. The number of unbranched alkanes of at least 4 members (excludes halogenated alkanes) is 1. The summed E-state index contributed by atoms with van der Waals surface area (Å²) in [4.78, 5) is 24.9. The number of hydrogen-bond donors (Lipinski definition) is 2. The molecule has 0 spiro atoms. The Morgan fingerprint density at radius 2 is 1.94 bits per heavy atom. The Bertz CT molecular complexity index is 1510. The van der Waals surface area contributed by atoms with Crippen LogP contribution in [0.2, 0.25) is 0 Å². The molecule has 0 unspecified atom stereocenters. The number of pyridine rings is 3. The highest BCUT2D eigenvalue weighted by Gasteiger charge is 2.19. The van der Waals surface area contributed by atoms with E-state index in [9.17, 15) is 13.2 Å². The average molecular weight is 508 g/mol. The van der Waals surface area contributed by atoms with Crippen LogP contribution in [0, 0.1) is 0 Å². The third-order valence-electron chi connectivity index (χ3n) is 5.36. The zero-order valence-corrected chi connectivity index (χ0v) is 20.6. The first-order valence-electron chi connectivity index (χ1n) is 11.2. The van der Waals surface area contributed by atoms with E-state index in [2.05, 4.69) is 19.7 Å². The number of esters is 1. The van der Waals surface area contributed by atoms with Crippen molar-refractivity contribution < 1.29 is 22.7 Å². The first-order valence-corrected chi connectivity index (χ1v) is 12.7. The van der Waals surface area contributed by atoms with Gasteiger partial charge >= 0.3 is 5.97 Å². The number of rotatable bonds is 9. The monoisotopic (exact) mass is 507 g/mol. The number of anilines is 2. The maximum absolute atomic E-state index is 12.8. The van der Waals surface area contributed by atoms with E-state index in [0.29, 0.717) is 23.1 Å². The number of nitrogen functional groups attached to an aromatic ring is 1. The van der Waals surface area contributed by atoms with Gasteiger partial charge in [0.15, 0.2) is 0 Å². The number of fused-ring (bicyclic) bond motifs is 1. The third kappa shape index (κ3) is 5.36. The van der Waals surface area contributed by atoms with Crippen LogP contribution in [0.1, 0.15) is 30.1 Å². The maximum Gasteiger partial charge on any atom is 0.341 e. The fourth-order valence-corrected chi connectivity index (χ4v) is 4.49. The zero-order chi connectivity index (χ0) is 25.7. The Hall–Kier alpha value is -4.25. The van der Waals surface area contributed by atoms with Gasteiger partial charge in [0.2, 0.25) is 5.88 Å². The normalized spacial score (nSPS) is 11.3. The van der Waals surface area contributed by atoms with Crippen molar-refractivity contribution in [2.45, 2.75) is 24.7 Å². The smallest absolute Gasteiger partial charge is 0.341 e. The molecule has 4 aromatic rings. The van der Waals surface area contributed by atoms with Crippen LogP contribution in [0.15, 0.2) is 66.0 Å². The quantitative estimate of drug-likeness (QED) is 0.253. The minimum Gasteiger partial charge on any atom is -0.480 e. The molecule has 0 saturated heterocycles. The second-order valence-corrected chi connectivity index (χ2v) is 9.58. The van der Waals surface area contributed by atoms with Gasteiger partial charge in [-0.05, 0) is 48.4 Å². The summed E-state index contributed by atoms with van der Waals surface area (Å²) in [6, 6.07) is 11.6. The van der Waals surface area contributed by atoms with Crippen LogP contribution >= 0.6 is 0 Å². The van der Waals surface area contributed by atoms with Gasteiger partial charge in [-0.2, -0.15) is 0 Å². The van der Waals surface area contributed by atoms with Crippen molar-refractivity contribution in [2.75, 3.05) is 24.2 Å². The van der Waals surface area contributed by atoms with E-state index in [-0.39, 0.29) is 27.8 Å². The summed E-state index contributed by atoms with van der Waals surface area (Å²) < 4.78 is 38.7. The van der Waals surface area contributed by atoms with E-state index in [4.69, 9.17) is 15.2 Å². The van der Waals surface area contributed by atoms with Crippen molar-refractivity contribution in [1.82, 2.24) is 15.0 Å². The van der Waals surface area contributed by atoms with Gasteiger partial charge in [0, 0.05) is 29.5 Å². The zero-order valence-electron chi connectivity index (χ0n) is 19.8. The molecule has 3 aromatic heterocycles. The Morgan fingerprint density at radius 3 is 2.67 bits per heavy atom. The van der Waals surface area contributed by atoms with Gasteiger partial charge in [0.25, 0.3) is 10.0 Å². The summed E-state index contributed by atoms with van der Waals surface area (Å²) in [6.45, 7) is 2.31. The Labute approximate surface area is 208 Å². The molecule has 0 radical (unpaired) electrons. The van der Waals surface area contributed by atoms with Crippen LogP contribution in [-0.2, 0) is 14.8 Å². The van der Waals surface area contributed by atoms with Crippen LogP contribution in [0.5, 0.6) is 5.88 Å². The van der Waals surface area contributed by atoms with Crippen molar-refractivity contribution in [3.8, 4) is 17.0 Å². The molecule has 10 nitrogen and oxygen atoms in total.